The van der Waals surface area contributed by atoms with E-state index in [1.54, 1.807) is 7.11 Å². The minimum Gasteiger partial charge on any atom is -0.380 e. The number of methoxy groups -OCH3 is 1. The van der Waals surface area contributed by atoms with E-state index in [-0.39, 0.29) is 6.10 Å². The summed E-state index contributed by atoms with van der Waals surface area (Å²) in [5.74, 6) is 0.599. The molecule has 1 aromatic rings. The highest BCUT2D eigenvalue weighted by Gasteiger charge is 2.07. The minimum atomic E-state index is 0.222. The first-order chi connectivity index (χ1) is 6.67. The SMILES string of the molecule is CCC(C)c1cnn(CC(C)OC)c1. The lowest BCUT2D eigenvalue weighted by molar-refractivity contribution is 0.0998. The van der Waals surface area contributed by atoms with Crippen molar-refractivity contribution in [3.8, 4) is 0 Å². The van der Waals surface area contributed by atoms with Gasteiger partial charge in [-0.1, -0.05) is 13.8 Å². The summed E-state index contributed by atoms with van der Waals surface area (Å²) in [6.45, 7) is 7.29. The third-order valence-electron chi connectivity index (χ3n) is 2.68. The average molecular weight is 196 g/mol. The van der Waals surface area contributed by atoms with Crippen LogP contribution in [-0.4, -0.2) is 23.0 Å². The first-order valence-electron chi connectivity index (χ1n) is 5.22. The third kappa shape index (κ3) is 2.84. The smallest absolute Gasteiger partial charge is 0.0739 e. The quantitative estimate of drug-likeness (QED) is 0.723. The molecule has 0 saturated carbocycles. The van der Waals surface area contributed by atoms with Crippen molar-refractivity contribution in [2.45, 2.75) is 45.8 Å². The summed E-state index contributed by atoms with van der Waals surface area (Å²) in [6.07, 6.45) is 5.45. The van der Waals surface area contributed by atoms with Crippen LogP contribution in [0.15, 0.2) is 12.4 Å². The molecule has 2 unspecified atom stereocenters. The molecular weight excluding hydrogens is 176 g/mol. The highest BCUT2D eigenvalue weighted by molar-refractivity contribution is 5.09. The van der Waals surface area contributed by atoms with Crippen molar-refractivity contribution in [1.82, 2.24) is 9.78 Å². The first kappa shape index (κ1) is 11.2. The Morgan fingerprint density at radius 3 is 2.79 bits per heavy atom. The van der Waals surface area contributed by atoms with Gasteiger partial charge in [0.1, 0.15) is 0 Å². The van der Waals surface area contributed by atoms with Gasteiger partial charge in [-0.05, 0) is 24.8 Å². The van der Waals surface area contributed by atoms with Crippen LogP contribution in [0.4, 0.5) is 0 Å². The summed E-state index contributed by atoms with van der Waals surface area (Å²) in [7, 11) is 1.73. The van der Waals surface area contributed by atoms with Gasteiger partial charge < -0.3 is 4.74 Å². The number of nitrogens with zero attached hydrogens (tertiary/aromatic N) is 2. The fourth-order valence-corrected chi connectivity index (χ4v) is 1.31. The highest BCUT2D eigenvalue weighted by Crippen LogP contribution is 2.17. The van der Waals surface area contributed by atoms with Crippen molar-refractivity contribution in [3.63, 3.8) is 0 Å². The van der Waals surface area contributed by atoms with E-state index in [1.807, 2.05) is 17.8 Å². The van der Waals surface area contributed by atoms with E-state index in [9.17, 15) is 0 Å². The largest absolute Gasteiger partial charge is 0.380 e. The van der Waals surface area contributed by atoms with E-state index in [0.29, 0.717) is 5.92 Å². The van der Waals surface area contributed by atoms with Gasteiger partial charge in [0.2, 0.25) is 0 Å². The molecule has 14 heavy (non-hydrogen) atoms. The van der Waals surface area contributed by atoms with Crippen LogP contribution in [0.1, 0.15) is 38.7 Å². The van der Waals surface area contributed by atoms with Gasteiger partial charge in [-0.3, -0.25) is 4.68 Å². The monoisotopic (exact) mass is 196 g/mol. The van der Waals surface area contributed by atoms with Crippen molar-refractivity contribution in [1.29, 1.82) is 0 Å². The van der Waals surface area contributed by atoms with Crippen LogP contribution in [0.2, 0.25) is 0 Å². The first-order valence-corrected chi connectivity index (χ1v) is 5.22. The molecule has 0 aromatic carbocycles. The van der Waals surface area contributed by atoms with Crippen molar-refractivity contribution in [3.05, 3.63) is 18.0 Å². The van der Waals surface area contributed by atoms with Crippen molar-refractivity contribution in [2.24, 2.45) is 0 Å². The maximum atomic E-state index is 5.19. The number of rotatable bonds is 5. The van der Waals surface area contributed by atoms with E-state index in [0.717, 1.165) is 13.0 Å². The lowest BCUT2D eigenvalue weighted by Gasteiger charge is -2.09. The lowest BCUT2D eigenvalue weighted by atomic mass is 10.0. The van der Waals surface area contributed by atoms with Gasteiger partial charge in [-0.25, -0.2) is 0 Å². The predicted molar refractivity (Wildman–Crippen MR) is 57.4 cm³/mol. The molecule has 2 atom stereocenters. The zero-order valence-corrected chi connectivity index (χ0v) is 9.53. The Bertz CT molecular complexity index is 270. The van der Waals surface area contributed by atoms with Crippen LogP contribution >= 0.6 is 0 Å². The fourth-order valence-electron chi connectivity index (χ4n) is 1.31. The molecule has 0 aliphatic heterocycles. The van der Waals surface area contributed by atoms with E-state index in [1.165, 1.54) is 5.56 Å². The standard InChI is InChI=1S/C11H20N2O/c1-5-9(2)11-6-12-13(8-11)7-10(3)14-4/h6,8-10H,5,7H2,1-4H3. The van der Waals surface area contributed by atoms with Crippen molar-refractivity contribution >= 4 is 0 Å². The van der Waals surface area contributed by atoms with Gasteiger partial charge in [0.15, 0.2) is 0 Å². The summed E-state index contributed by atoms with van der Waals surface area (Å²) >= 11 is 0. The van der Waals surface area contributed by atoms with Crippen LogP contribution in [0, 0.1) is 0 Å². The molecule has 0 spiro atoms. The van der Waals surface area contributed by atoms with Gasteiger partial charge >= 0.3 is 0 Å². The Kier molecular flexibility index (Phi) is 4.14. The second kappa shape index (κ2) is 5.15. The summed E-state index contributed by atoms with van der Waals surface area (Å²) in [4.78, 5) is 0. The van der Waals surface area contributed by atoms with Crippen LogP contribution in [0.3, 0.4) is 0 Å². The van der Waals surface area contributed by atoms with Gasteiger partial charge in [0, 0.05) is 13.3 Å². The molecule has 1 heterocycles. The minimum absolute atomic E-state index is 0.222. The zero-order valence-electron chi connectivity index (χ0n) is 9.53. The van der Waals surface area contributed by atoms with Gasteiger partial charge in [0.05, 0.1) is 18.8 Å². The van der Waals surface area contributed by atoms with E-state index in [2.05, 4.69) is 25.1 Å². The molecule has 0 saturated heterocycles. The van der Waals surface area contributed by atoms with E-state index >= 15 is 0 Å². The van der Waals surface area contributed by atoms with E-state index in [4.69, 9.17) is 4.74 Å². The summed E-state index contributed by atoms with van der Waals surface area (Å²) in [5.41, 5.74) is 1.32. The molecule has 3 heteroatoms. The number of hydrogen-bond donors (Lipinski definition) is 0. The van der Waals surface area contributed by atoms with Crippen molar-refractivity contribution < 1.29 is 4.74 Å². The molecule has 80 valence electrons. The highest BCUT2D eigenvalue weighted by atomic mass is 16.5. The van der Waals surface area contributed by atoms with Gasteiger partial charge in [0.25, 0.3) is 0 Å². The number of hydrogen-bond acceptors (Lipinski definition) is 2. The molecule has 1 aromatic heterocycles. The molecule has 0 radical (unpaired) electrons. The second-order valence-electron chi connectivity index (χ2n) is 3.85. The molecule has 3 nitrogen and oxygen atoms in total. The molecule has 0 amide bonds. The van der Waals surface area contributed by atoms with Crippen LogP contribution in [-0.2, 0) is 11.3 Å². The number of ether oxygens (including phenoxy) is 1. The average Bonchev–Trinajstić information content (AvgIpc) is 2.65. The molecule has 0 aliphatic rings. The summed E-state index contributed by atoms with van der Waals surface area (Å²) in [6, 6.07) is 0. The molecule has 0 aliphatic carbocycles. The fraction of sp³-hybridized carbons (Fsp3) is 0.727. The maximum Gasteiger partial charge on any atom is 0.0739 e. The normalized spacial score (nSPS) is 15.4. The molecule has 0 fully saturated rings. The second-order valence-corrected chi connectivity index (χ2v) is 3.85. The van der Waals surface area contributed by atoms with Gasteiger partial charge in [-0.2, -0.15) is 5.10 Å². The molecular formula is C11H20N2O. The summed E-state index contributed by atoms with van der Waals surface area (Å²) in [5, 5.41) is 4.31. The molecule has 0 N–H and O–H groups in total. The third-order valence-corrected chi connectivity index (χ3v) is 2.68. The lowest BCUT2D eigenvalue weighted by Crippen LogP contribution is -2.14. The maximum absolute atomic E-state index is 5.19. The van der Waals surface area contributed by atoms with Crippen LogP contribution in [0.5, 0.6) is 0 Å². The van der Waals surface area contributed by atoms with Gasteiger partial charge in [-0.15, -0.1) is 0 Å². The summed E-state index contributed by atoms with van der Waals surface area (Å²) < 4.78 is 7.14. The Labute approximate surface area is 86.1 Å². The van der Waals surface area contributed by atoms with Crippen molar-refractivity contribution in [2.75, 3.05) is 7.11 Å². The predicted octanol–water partition coefficient (Wildman–Crippen LogP) is 2.43. The van der Waals surface area contributed by atoms with Crippen LogP contribution < -0.4 is 0 Å². The van der Waals surface area contributed by atoms with E-state index < -0.39 is 0 Å². The Morgan fingerprint density at radius 1 is 1.50 bits per heavy atom. The topological polar surface area (TPSA) is 27.1 Å². The molecule has 0 bridgehead atoms. The Hall–Kier alpha value is -0.830. The Balaban J connectivity index is 2.59. The molecule has 1 rings (SSSR count). The number of aromatic nitrogens is 2. The Morgan fingerprint density at radius 2 is 2.21 bits per heavy atom. The zero-order chi connectivity index (χ0) is 10.6. The van der Waals surface area contributed by atoms with Crippen LogP contribution in [0.25, 0.3) is 0 Å².